The Bertz CT molecular complexity index is 1270. The van der Waals surface area contributed by atoms with Crippen LogP contribution in [0.2, 0.25) is 0 Å². The zero-order valence-corrected chi connectivity index (χ0v) is 19.6. The van der Waals surface area contributed by atoms with Gasteiger partial charge in [-0.25, -0.2) is 9.97 Å². The molecule has 2 fully saturated rings. The third kappa shape index (κ3) is 3.96. The molecule has 0 spiro atoms. The van der Waals surface area contributed by atoms with Crippen LogP contribution in [-0.4, -0.2) is 61.6 Å². The Morgan fingerprint density at radius 1 is 0.943 bits per heavy atom. The van der Waals surface area contributed by atoms with Crippen molar-refractivity contribution in [1.82, 2.24) is 15.3 Å². The van der Waals surface area contributed by atoms with Gasteiger partial charge in [-0.05, 0) is 54.7 Å². The zero-order chi connectivity index (χ0) is 23.2. The maximum Gasteiger partial charge on any atom is 0.227 e. The molecule has 35 heavy (non-hydrogen) atoms. The van der Waals surface area contributed by atoms with Gasteiger partial charge >= 0.3 is 0 Å². The molecular weight excluding hydrogens is 442 g/mol. The molecule has 8 nitrogen and oxygen atoms in total. The number of benzene rings is 2. The van der Waals surface area contributed by atoms with Gasteiger partial charge in [-0.3, -0.25) is 0 Å². The average molecular weight is 472 g/mol. The number of anilines is 3. The summed E-state index contributed by atoms with van der Waals surface area (Å²) in [6.07, 6.45) is 5.06. The van der Waals surface area contributed by atoms with Crippen LogP contribution in [0.5, 0.6) is 11.5 Å². The lowest BCUT2D eigenvalue weighted by atomic mass is 9.90. The molecule has 4 aliphatic rings. The maximum atomic E-state index is 6.25. The van der Waals surface area contributed by atoms with Crippen LogP contribution in [-0.2, 0) is 17.6 Å². The molecule has 2 N–H and O–H groups in total. The van der Waals surface area contributed by atoms with E-state index in [1.165, 1.54) is 17.5 Å². The van der Waals surface area contributed by atoms with Crippen LogP contribution in [0.1, 0.15) is 17.5 Å². The summed E-state index contributed by atoms with van der Waals surface area (Å²) in [5.41, 5.74) is 6.60. The van der Waals surface area contributed by atoms with Crippen molar-refractivity contribution in [3.63, 3.8) is 0 Å². The third-order valence-electron chi connectivity index (χ3n) is 7.43. The summed E-state index contributed by atoms with van der Waals surface area (Å²) in [5.74, 6) is 2.27. The van der Waals surface area contributed by atoms with Crippen LogP contribution < -0.4 is 25.0 Å². The summed E-state index contributed by atoms with van der Waals surface area (Å²) in [6, 6.07) is 13.7. The number of rotatable bonds is 1. The molecule has 8 heteroatoms. The van der Waals surface area contributed by atoms with Crippen LogP contribution in [0.15, 0.2) is 42.6 Å². The van der Waals surface area contributed by atoms with Gasteiger partial charge in [-0.1, -0.05) is 6.07 Å². The Morgan fingerprint density at radius 2 is 1.86 bits per heavy atom. The minimum atomic E-state index is 0.477. The van der Waals surface area contributed by atoms with E-state index < -0.39 is 0 Å². The summed E-state index contributed by atoms with van der Waals surface area (Å²) >= 11 is 0. The number of hydrogen-bond acceptors (Lipinski definition) is 8. The summed E-state index contributed by atoms with van der Waals surface area (Å²) in [4.78, 5) is 12.0. The van der Waals surface area contributed by atoms with Gasteiger partial charge in [0.2, 0.25) is 5.95 Å². The molecule has 7 rings (SSSR count). The predicted molar refractivity (Wildman–Crippen MR) is 134 cm³/mol. The highest BCUT2D eigenvalue weighted by atomic mass is 16.5. The van der Waals surface area contributed by atoms with Crippen molar-refractivity contribution in [2.75, 3.05) is 49.7 Å². The minimum absolute atomic E-state index is 0.477. The predicted octanol–water partition coefficient (Wildman–Crippen LogP) is 3.32. The van der Waals surface area contributed by atoms with E-state index in [-0.39, 0.29) is 0 Å². The molecule has 0 unspecified atom stereocenters. The number of aromatic nitrogens is 2. The smallest absolute Gasteiger partial charge is 0.227 e. The number of nitrogens with zero attached hydrogens (tertiary/aromatic N) is 3. The number of nitrogens with one attached hydrogen (secondary N) is 2. The Kier molecular flexibility index (Phi) is 5.21. The highest BCUT2D eigenvalue weighted by Gasteiger charge is 2.38. The average Bonchev–Trinajstić information content (AvgIpc) is 3.52. The highest BCUT2D eigenvalue weighted by molar-refractivity contribution is 5.73. The molecule has 1 aliphatic carbocycles. The Labute approximate surface area is 204 Å². The molecule has 0 radical (unpaired) electrons. The van der Waals surface area contributed by atoms with E-state index in [1.807, 2.05) is 12.3 Å². The largest absolute Gasteiger partial charge is 0.491 e. The van der Waals surface area contributed by atoms with Crippen molar-refractivity contribution in [1.29, 1.82) is 0 Å². The minimum Gasteiger partial charge on any atom is -0.491 e. The van der Waals surface area contributed by atoms with Gasteiger partial charge in [0.25, 0.3) is 0 Å². The second kappa shape index (κ2) is 8.70. The Balaban J connectivity index is 1.25. The number of aryl methyl sites for hydroxylation is 2. The lowest BCUT2D eigenvalue weighted by molar-refractivity contribution is 0.0765. The topological polar surface area (TPSA) is 80.8 Å². The van der Waals surface area contributed by atoms with Gasteiger partial charge in [0.1, 0.15) is 24.7 Å². The first-order chi connectivity index (χ1) is 17.3. The normalized spacial score (nSPS) is 22.8. The molecule has 2 saturated heterocycles. The lowest BCUT2D eigenvalue weighted by Gasteiger charge is -2.31. The molecule has 0 amide bonds. The highest BCUT2D eigenvalue weighted by Crippen LogP contribution is 2.39. The first kappa shape index (κ1) is 21.0. The summed E-state index contributed by atoms with van der Waals surface area (Å²) < 4.78 is 18.0. The monoisotopic (exact) mass is 471 g/mol. The fourth-order valence-electron chi connectivity index (χ4n) is 5.70. The number of piperazine rings is 1. The Hall–Kier alpha value is -3.36. The summed E-state index contributed by atoms with van der Waals surface area (Å²) in [5, 5.41) is 6.99. The van der Waals surface area contributed by atoms with E-state index in [0.717, 1.165) is 60.1 Å². The number of ether oxygens (including phenoxy) is 3. The van der Waals surface area contributed by atoms with E-state index >= 15 is 0 Å². The molecule has 2 atom stereocenters. The fourth-order valence-corrected chi connectivity index (χ4v) is 5.70. The molecule has 2 aromatic carbocycles. The van der Waals surface area contributed by atoms with Gasteiger partial charge in [0.15, 0.2) is 0 Å². The molecule has 3 aromatic rings. The maximum absolute atomic E-state index is 6.25. The standard InChI is InChI=1S/C27H29N5O3/c1-2-18-14-29-27-30-19-4-6-24(32-16-20-11-21(32)15-28-20)25(12-19)35-10-8-33-7-9-34-22-5-3-17(1)23(13-22)26(18)31-27/h3-6,12-14,20-21,28H,1-2,7-11,15-16H2,(H,29,30,31)/t20-,21-/m1/s1. The van der Waals surface area contributed by atoms with Crippen LogP contribution >= 0.6 is 0 Å². The quantitative estimate of drug-likeness (QED) is 0.560. The molecule has 8 bridgehead atoms. The van der Waals surface area contributed by atoms with Gasteiger partial charge in [-0.2, -0.15) is 0 Å². The Morgan fingerprint density at radius 3 is 2.74 bits per heavy atom. The summed E-state index contributed by atoms with van der Waals surface area (Å²) in [7, 11) is 0. The van der Waals surface area contributed by atoms with Gasteiger partial charge < -0.3 is 29.7 Å². The summed E-state index contributed by atoms with van der Waals surface area (Å²) in [6.45, 7) is 4.03. The van der Waals surface area contributed by atoms with Gasteiger partial charge in [0.05, 0.1) is 24.6 Å². The molecule has 3 aliphatic heterocycles. The van der Waals surface area contributed by atoms with Crippen LogP contribution in [0.25, 0.3) is 11.3 Å². The molecule has 1 aromatic heterocycles. The second-order valence-electron chi connectivity index (χ2n) is 9.65. The van der Waals surface area contributed by atoms with Crippen LogP contribution in [0, 0.1) is 0 Å². The SMILES string of the molecule is c1cc(N2C[C@H]3C[C@@H]2CN3)c2cc1Nc1ncc3c(n1)-c1cc(ccc1CC3)OCCOCCO2. The van der Waals surface area contributed by atoms with Crippen molar-refractivity contribution in [2.24, 2.45) is 0 Å². The lowest BCUT2D eigenvalue weighted by Crippen LogP contribution is -2.43. The van der Waals surface area contributed by atoms with E-state index in [0.29, 0.717) is 44.5 Å². The van der Waals surface area contributed by atoms with Crippen LogP contribution in [0.3, 0.4) is 0 Å². The van der Waals surface area contributed by atoms with E-state index in [9.17, 15) is 0 Å². The molecule has 0 saturated carbocycles. The molecular formula is C27H29N5O3. The van der Waals surface area contributed by atoms with Gasteiger partial charge in [0, 0.05) is 48.7 Å². The molecule has 180 valence electrons. The van der Waals surface area contributed by atoms with E-state index in [2.05, 4.69) is 50.8 Å². The second-order valence-corrected chi connectivity index (χ2v) is 9.65. The number of fused-ring (bicyclic) bond motifs is 6. The first-order valence-electron chi connectivity index (χ1n) is 12.5. The number of hydrogen-bond donors (Lipinski definition) is 2. The van der Waals surface area contributed by atoms with Gasteiger partial charge in [-0.15, -0.1) is 0 Å². The first-order valence-corrected chi connectivity index (χ1v) is 12.5. The van der Waals surface area contributed by atoms with Crippen molar-refractivity contribution < 1.29 is 14.2 Å². The fraction of sp³-hybridized carbons (Fsp3) is 0.407. The molecule has 4 heterocycles. The van der Waals surface area contributed by atoms with Crippen molar-refractivity contribution in [2.45, 2.75) is 31.3 Å². The zero-order valence-electron chi connectivity index (χ0n) is 19.6. The van der Waals surface area contributed by atoms with E-state index in [1.54, 1.807) is 0 Å². The van der Waals surface area contributed by atoms with Crippen molar-refractivity contribution >= 4 is 17.3 Å². The third-order valence-corrected chi connectivity index (χ3v) is 7.43. The van der Waals surface area contributed by atoms with Crippen molar-refractivity contribution in [3.8, 4) is 22.8 Å². The van der Waals surface area contributed by atoms with Crippen LogP contribution in [0.4, 0.5) is 17.3 Å². The van der Waals surface area contributed by atoms with E-state index in [4.69, 9.17) is 19.2 Å². The van der Waals surface area contributed by atoms with Crippen molar-refractivity contribution in [3.05, 3.63) is 53.7 Å².